The molecule has 0 aromatic heterocycles. The Hall–Kier alpha value is -0.170. The highest BCUT2D eigenvalue weighted by Crippen LogP contribution is 2.04. The number of methoxy groups -OCH3 is 1. The van der Waals surface area contributed by atoms with Crippen molar-refractivity contribution >= 4 is 40.0 Å². The predicted molar refractivity (Wildman–Crippen MR) is 115 cm³/mol. The highest BCUT2D eigenvalue weighted by atomic mass is 127. The van der Waals surface area contributed by atoms with Crippen LogP contribution >= 0.6 is 24.0 Å². The molecule has 152 valence electrons. The molecule has 0 fully saturated rings. The third-order valence-electron chi connectivity index (χ3n) is 3.11. The molecule has 0 spiro atoms. The molecule has 0 bridgehead atoms. The van der Waals surface area contributed by atoms with Gasteiger partial charge in [-0.3, -0.25) is 4.99 Å². The Bertz CT molecular complexity index is 472. The molecule has 0 atom stereocenters. The van der Waals surface area contributed by atoms with Gasteiger partial charge >= 0.3 is 0 Å². The Morgan fingerprint density at radius 2 is 1.88 bits per heavy atom. The van der Waals surface area contributed by atoms with Crippen molar-refractivity contribution in [3.05, 3.63) is 0 Å². The number of ether oxygens (including phenoxy) is 1. The Morgan fingerprint density at radius 3 is 2.40 bits per heavy atom. The van der Waals surface area contributed by atoms with Gasteiger partial charge in [-0.05, 0) is 34.2 Å². The van der Waals surface area contributed by atoms with Gasteiger partial charge in [0.2, 0.25) is 10.0 Å². The number of nitrogens with one attached hydrogen (secondary N) is 3. The van der Waals surface area contributed by atoms with E-state index in [4.69, 9.17) is 4.74 Å². The molecule has 3 N–H and O–H groups in total. The van der Waals surface area contributed by atoms with Crippen molar-refractivity contribution < 1.29 is 13.2 Å². The SMILES string of the molecule is CCNC(=NCC(C)(C)NS(C)(=O)=O)NCCN(C)CCCOC.I. The smallest absolute Gasteiger partial charge is 0.209 e. The molecule has 8 nitrogen and oxygen atoms in total. The first kappa shape index (κ1) is 27.1. The van der Waals surface area contributed by atoms with Crippen LogP contribution < -0.4 is 15.4 Å². The minimum absolute atomic E-state index is 0. The van der Waals surface area contributed by atoms with Gasteiger partial charge < -0.3 is 20.3 Å². The molecule has 10 heteroatoms. The number of halogens is 1. The summed E-state index contributed by atoms with van der Waals surface area (Å²) in [6, 6.07) is 0. The van der Waals surface area contributed by atoms with Crippen molar-refractivity contribution in [1.29, 1.82) is 0 Å². The summed E-state index contributed by atoms with van der Waals surface area (Å²) in [4.78, 5) is 6.70. The van der Waals surface area contributed by atoms with Crippen LogP contribution in [0.5, 0.6) is 0 Å². The van der Waals surface area contributed by atoms with Crippen LogP contribution in [-0.4, -0.2) is 84.6 Å². The molecule has 0 radical (unpaired) electrons. The number of guanidine groups is 1. The standard InChI is InChI=1S/C15H35N5O3S.HI/c1-7-16-14(17-9-11-20(4)10-8-12-23-5)18-13-15(2,3)19-24(6,21)22;/h19H,7-13H2,1-6H3,(H2,16,17,18);1H. The van der Waals surface area contributed by atoms with Crippen LogP contribution in [0.2, 0.25) is 0 Å². The fourth-order valence-corrected chi connectivity index (χ4v) is 3.18. The van der Waals surface area contributed by atoms with Gasteiger partial charge in [-0.1, -0.05) is 0 Å². The number of hydrogen-bond donors (Lipinski definition) is 3. The fourth-order valence-electron chi connectivity index (χ4n) is 2.11. The molecule has 0 aromatic carbocycles. The second kappa shape index (κ2) is 14.0. The molecule has 0 aliphatic carbocycles. The van der Waals surface area contributed by atoms with E-state index in [1.54, 1.807) is 7.11 Å². The van der Waals surface area contributed by atoms with Crippen LogP contribution in [0.3, 0.4) is 0 Å². The number of sulfonamides is 1. The molecular weight excluding hydrogens is 457 g/mol. The third kappa shape index (κ3) is 17.0. The Labute approximate surface area is 170 Å². The van der Waals surface area contributed by atoms with E-state index in [1.807, 2.05) is 20.8 Å². The summed E-state index contributed by atoms with van der Waals surface area (Å²) in [6.45, 7) is 10.1. The summed E-state index contributed by atoms with van der Waals surface area (Å²) in [7, 11) is 0.521. The van der Waals surface area contributed by atoms with Crippen molar-refractivity contribution in [1.82, 2.24) is 20.3 Å². The Balaban J connectivity index is 0. The van der Waals surface area contributed by atoms with Gasteiger partial charge in [0.1, 0.15) is 0 Å². The average molecular weight is 493 g/mol. The summed E-state index contributed by atoms with van der Waals surface area (Å²) in [5, 5.41) is 6.43. The van der Waals surface area contributed by atoms with Gasteiger partial charge in [0.25, 0.3) is 0 Å². The van der Waals surface area contributed by atoms with E-state index in [-0.39, 0.29) is 24.0 Å². The van der Waals surface area contributed by atoms with Crippen molar-refractivity contribution in [3.63, 3.8) is 0 Å². The third-order valence-corrected chi connectivity index (χ3v) is 4.04. The number of hydrogen-bond acceptors (Lipinski definition) is 5. The van der Waals surface area contributed by atoms with Gasteiger partial charge in [-0.15, -0.1) is 24.0 Å². The summed E-state index contributed by atoms with van der Waals surface area (Å²) in [6.07, 6.45) is 2.16. The molecule has 0 aliphatic heterocycles. The first-order chi connectivity index (χ1) is 11.1. The molecule has 0 saturated carbocycles. The van der Waals surface area contributed by atoms with Gasteiger partial charge in [0.15, 0.2) is 5.96 Å². The van der Waals surface area contributed by atoms with E-state index in [1.165, 1.54) is 0 Å². The molecule has 0 aromatic rings. The number of aliphatic imine (C=N–C) groups is 1. The fraction of sp³-hybridized carbons (Fsp3) is 0.933. The lowest BCUT2D eigenvalue weighted by atomic mass is 10.1. The number of rotatable bonds is 12. The minimum Gasteiger partial charge on any atom is -0.385 e. The van der Waals surface area contributed by atoms with Crippen molar-refractivity contribution in [3.8, 4) is 0 Å². The molecule has 0 aliphatic rings. The summed E-state index contributed by atoms with van der Waals surface area (Å²) < 4.78 is 30.4. The number of nitrogens with zero attached hydrogens (tertiary/aromatic N) is 2. The zero-order chi connectivity index (χ0) is 18.6. The molecule has 0 amide bonds. The normalized spacial score (nSPS) is 12.8. The van der Waals surface area contributed by atoms with E-state index in [0.29, 0.717) is 12.5 Å². The lowest BCUT2D eigenvalue weighted by Crippen LogP contribution is -2.47. The highest BCUT2D eigenvalue weighted by Gasteiger charge is 2.21. The summed E-state index contributed by atoms with van der Waals surface area (Å²) in [5.74, 6) is 0.686. The largest absolute Gasteiger partial charge is 0.385 e. The van der Waals surface area contributed by atoms with Gasteiger partial charge in [-0.25, -0.2) is 13.1 Å². The van der Waals surface area contributed by atoms with Crippen LogP contribution in [0.25, 0.3) is 0 Å². The maximum atomic E-state index is 11.4. The van der Waals surface area contributed by atoms with Crippen molar-refractivity contribution in [2.75, 3.05) is 59.7 Å². The molecule has 0 rings (SSSR count). The van der Waals surface area contributed by atoms with Crippen LogP contribution in [0.1, 0.15) is 27.2 Å². The lowest BCUT2D eigenvalue weighted by Gasteiger charge is -2.24. The predicted octanol–water partition coefficient (Wildman–Crippen LogP) is 0.456. The van der Waals surface area contributed by atoms with Crippen LogP contribution in [0, 0.1) is 0 Å². The second-order valence-corrected chi connectivity index (χ2v) is 8.28. The van der Waals surface area contributed by atoms with Crippen LogP contribution in [0.15, 0.2) is 4.99 Å². The first-order valence-corrected chi connectivity index (χ1v) is 10.2. The Kier molecular flexibility index (Phi) is 15.1. The van der Waals surface area contributed by atoms with E-state index >= 15 is 0 Å². The summed E-state index contributed by atoms with van der Waals surface area (Å²) >= 11 is 0. The van der Waals surface area contributed by atoms with Crippen molar-refractivity contribution in [2.45, 2.75) is 32.7 Å². The topological polar surface area (TPSA) is 95.1 Å². The lowest BCUT2D eigenvalue weighted by molar-refractivity contribution is 0.180. The van der Waals surface area contributed by atoms with Crippen molar-refractivity contribution in [2.24, 2.45) is 4.99 Å². The van der Waals surface area contributed by atoms with E-state index < -0.39 is 15.6 Å². The molecule has 0 heterocycles. The van der Waals surface area contributed by atoms with E-state index in [2.05, 4.69) is 32.3 Å². The van der Waals surface area contributed by atoms with E-state index in [9.17, 15) is 8.42 Å². The van der Waals surface area contributed by atoms with Gasteiger partial charge in [0, 0.05) is 45.4 Å². The molecule has 0 saturated heterocycles. The highest BCUT2D eigenvalue weighted by molar-refractivity contribution is 14.0. The zero-order valence-corrected chi connectivity index (χ0v) is 19.5. The Morgan fingerprint density at radius 1 is 1.24 bits per heavy atom. The van der Waals surface area contributed by atoms with Gasteiger partial charge in [-0.2, -0.15) is 0 Å². The minimum atomic E-state index is -3.26. The molecular formula is C15H36IN5O3S. The maximum absolute atomic E-state index is 11.4. The quantitative estimate of drug-likeness (QED) is 0.158. The summed E-state index contributed by atoms with van der Waals surface area (Å²) in [5.41, 5.74) is -0.632. The first-order valence-electron chi connectivity index (χ1n) is 8.28. The molecule has 25 heavy (non-hydrogen) atoms. The van der Waals surface area contributed by atoms with Gasteiger partial charge in [0.05, 0.1) is 12.8 Å². The maximum Gasteiger partial charge on any atom is 0.209 e. The van der Waals surface area contributed by atoms with Crippen LogP contribution in [0.4, 0.5) is 0 Å². The molecule has 0 unspecified atom stereocenters. The zero-order valence-electron chi connectivity index (χ0n) is 16.4. The average Bonchev–Trinajstić information content (AvgIpc) is 2.42. The monoisotopic (exact) mass is 493 g/mol. The second-order valence-electron chi connectivity index (χ2n) is 6.53. The van der Waals surface area contributed by atoms with E-state index in [0.717, 1.165) is 45.5 Å². The van der Waals surface area contributed by atoms with Crippen LogP contribution in [-0.2, 0) is 14.8 Å². The number of likely N-dealkylation sites (N-methyl/N-ethyl adjacent to an activating group) is 1.